The van der Waals surface area contributed by atoms with Crippen LogP contribution in [0.25, 0.3) is 0 Å². The largest absolute Gasteiger partial charge is 0.379 e. The van der Waals surface area contributed by atoms with Crippen LogP contribution in [0.15, 0.2) is 12.4 Å². The predicted molar refractivity (Wildman–Crippen MR) is 95.6 cm³/mol. The molecule has 0 bridgehead atoms. The molecule has 4 rings (SSSR count). The topological polar surface area (TPSA) is 50.6 Å². The van der Waals surface area contributed by atoms with Crippen molar-refractivity contribution in [3.8, 4) is 0 Å². The second kappa shape index (κ2) is 7.46. The first-order chi connectivity index (χ1) is 12.2. The summed E-state index contributed by atoms with van der Waals surface area (Å²) < 4.78 is 7.50. The average Bonchev–Trinajstić information content (AvgIpc) is 3.30. The number of hydrogen-bond acceptors (Lipinski definition) is 4. The van der Waals surface area contributed by atoms with Crippen LogP contribution in [0.1, 0.15) is 55.4 Å². The second-order valence-electron chi connectivity index (χ2n) is 7.90. The SMILES string of the molecule is CC1CN(C(=O)c2cnn(C3CCCCC3)c2)CC1N1CCOCC1. The summed E-state index contributed by atoms with van der Waals surface area (Å²) >= 11 is 0. The zero-order chi connectivity index (χ0) is 17.2. The van der Waals surface area contributed by atoms with E-state index in [1.807, 2.05) is 15.8 Å². The summed E-state index contributed by atoms with van der Waals surface area (Å²) in [4.78, 5) is 17.5. The Bertz CT molecular complexity index is 590. The quantitative estimate of drug-likeness (QED) is 0.842. The van der Waals surface area contributed by atoms with E-state index < -0.39 is 0 Å². The van der Waals surface area contributed by atoms with Crippen molar-refractivity contribution in [2.24, 2.45) is 5.92 Å². The van der Waals surface area contributed by atoms with Crippen molar-refractivity contribution >= 4 is 5.91 Å². The smallest absolute Gasteiger partial charge is 0.257 e. The zero-order valence-electron chi connectivity index (χ0n) is 15.3. The Labute approximate surface area is 150 Å². The van der Waals surface area contributed by atoms with Crippen molar-refractivity contribution in [3.05, 3.63) is 18.0 Å². The van der Waals surface area contributed by atoms with E-state index in [-0.39, 0.29) is 5.91 Å². The Morgan fingerprint density at radius 3 is 2.68 bits per heavy atom. The number of likely N-dealkylation sites (tertiary alicyclic amines) is 1. The van der Waals surface area contributed by atoms with E-state index >= 15 is 0 Å². The Balaban J connectivity index is 1.40. The third-order valence-corrected chi connectivity index (χ3v) is 6.17. The zero-order valence-corrected chi connectivity index (χ0v) is 15.3. The molecule has 0 radical (unpaired) electrons. The number of carbonyl (C=O) groups is 1. The minimum Gasteiger partial charge on any atom is -0.379 e. The highest BCUT2D eigenvalue weighted by Gasteiger charge is 2.37. The summed E-state index contributed by atoms with van der Waals surface area (Å²) in [5, 5.41) is 4.50. The second-order valence-corrected chi connectivity index (χ2v) is 7.90. The molecule has 3 aliphatic rings. The van der Waals surface area contributed by atoms with Gasteiger partial charge in [0.05, 0.1) is 31.0 Å². The molecule has 3 heterocycles. The predicted octanol–water partition coefficient (Wildman–Crippen LogP) is 2.18. The molecule has 2 saturated heterocycles. The molecule has 138 valence electrons. The van der Waals surface area contributed by atoms with E-state index in [1.165, 1.54) is 32.1 Å². The van der Waals surface area contributed by atoms with E-state index in [9.17, 15) is 4.79 Å². The summed E-state index contributed by atoms with van der Waals surface area (Å²) in [5.41, 5.74) is 0.750. The highest BCUT2D eigenvalue weighted by molar-refractivity contribution is 5.94. The van der Waals surface area contributed by atoms with Gasteiger partial charge in [-0.25, -0.2) is 0 Å². The molecular formula is C19H30N4O2. The van der Waals surface area contributed by atoms with Gasteiger partial charge in [-0.3, -0.25) is 14.4 Å². The van der Waals surface area contributed by atoms with Crippen LogP contribution >= 0.6 is 0 Å². The first kappa shape index (κ1) is 17.0. The van der Waals surface area contributed by atoms with Gasteiger partial charge in [-0.1, -0.05) is 26.2 Å². The molecule has 1 amide bonds. The number of nitrogens with zero attached hydrogens (tertiary/aromatic N) is 4. The lowest BCUT2D eigenvalue weighted by Crippen LogP contribution is -2.47. The van der Waals surface area contributed by atoms with Crippen LogP contribution < -0.4 is 0 Å². The fourth-order valence-corrected chi connectivity index (χ4v) is 4.68. The van der Waals surface area contributed by atoms with Gasteiger partial charge in [0.1, 0.15) is 0 Å². The van der Waals surface area contributed by atoms with E-state index in [4.69, 9.17) is 4.74 Å². The van der Waals surface area contributed by atoms with Gasteiger partial charge in [0, 0.05) is 38.4 Å². The molecule has 2 atom stereocenters. The molecule has 6 heteroatoms. The van der Waals surface area contributed by atoms with Crippen LogP contribution in [0.4, 0.5) is 0 Å². The van der Waals surface area contributed by atoms with Crippen molar-refractivity contribution in [3.63, 3.8) is 0 Å². The number of amides is 1. The fraction of sp³-hybridized carbons (Fsp3) is 0.789. The summed E-state index contributed by atoms with van der Waals surface area (Å²) in [5.74, 6) is 0.653. The molecule has 6 nitrogen and oxygen atoms in total. The third-order valence-electron chi connectivity index (χ3n) is 6.17. The normalized spacial score (nSPS) is 29.2. The van der Waals surface area contributed by atoms with Gasteiger partial charge in [0.2, 0.25) is 0 Å². The number of carbonyl (C=O) groups excluding carboxylic acids is 1. The maximum atomic E-state index is 12.9. The molecule has 1 aliphatic carbocycles. The third kappa shape index (κ3) is 3.60. The van der Waals surface area contributed by atoms with Crippen LogP contribution in [-0.4, -0.2) is 70.9 Å². The minimum absolute atomic E-state index is 0.143. The lowest BCUT2D eigenvalue weighted by molar-refractivity contribution is 0.0119. The van der Waals surface area contributed by atoms with Gasteiger partial charge in [-0.2, -0.15) is 5.10 Å². The van der Waals surface area contributed by atoms with Crippen LogP contribution in [0, 0.1) is 5.92 Å². The lowest BCUT2D eigenvalue weighted by atomic mass is 9.96. The molecule has 1 saturated carbocycles. The van der Waals surface area contributed by atoms with Crippen molar-refractivity contribution in [1.82, 2.24) is 19.6 Å². The highest BCUT2D eigenvalue weighted by Crippen LogP contribution is 2.28. The first-order valence-electron chi connectivity index (χ1n) is 9.87. The van der Waals surface area contributed by atoms with Crippen molar-refractivity contribution in [1.29, 1.82) is 0 Å². The molecule has 1 aromatic heterocycles. The van der Waals surface area contributed by atoms with Gasteiger partial charge in [-0.05, 0) is 18.8 Å². The fourth-order valence-electron chi connectivity index (χ4n) is 4.68. The molecule has 0 spiro atoms. The number of rotatable bonds is 3. The lowest BCUT2D eigenvalue weighted by Gasteiger charge is -2.33. The standard InChI is InChI=1S/C19H30N4O2/c1-15-12-22(14-18(15)21-7-9-25-10-8-21)19(24)16-11-20-23(13-16)17-5-3-2-4-6-17/h11,13,15,17-18H,2-10,12,14H2,1H3. The van der Waals surface area contributed by atoms with E-state index in [2.05, 4.69) is 16.9 Å². The van der Waals surface area contributed by atoms with E-state index in [1.54, 1.807) is 6.20 Å². The van der Waals surface area contributed by atoms with Gasteiger partial charge in [-0.15, -0.1) is 0 Å². The molecular weight excluding hydrogens is 316 g/mol. The Morgan fingerprint density at radius 1 is 1.16 bits per heavy atom. The molecule has 3 fully saturated rings. The summed E-state index contributed by atoms with van der Waals surface area (Å²) in [7, 11) is 0. The summed E-state index contributed by atoms with van der Waals surface area (Å²) in [6.07, 6.45) is 10.0. The molecule has 0 aromatic carbocycles. The van der Waals surface area contributed by atoms with E-state index in [0.29, 0.717) is 18.0 Å². The maximum Gasteiger partial charge on any atom is 0.257 e. The maximum absolute atomic E-state index is 12.9. The number of aromatic nitrogens is 2. The molecule has 25 heavy (non-hydrogen) atoms. The molecule has 0 N–H and O–H groups in total. The number of hydrogen-bond donors (Lipinski definition) is 0. The van der Waals surface area contributed by atoms with Gasteiger partial charge in [0.15, 0.2) is 0 Å². The number of ether oxygens (including phenoxy) is 1. The average molecular weight is 346 g/mol. The summed E-state index contributed by atoms with van der Waals surface area (Å²) in [6, 6.07) is 0.940. The summed E-state index contributed by atoms with van der Waals surface area (Å²) in [6.45, 7) is 7.52. The van der Waals surface area contributed by atoms with Crippen molar-refractivity contribution < 1.29 is 9.53 Å². The Hall–Kier alpha value is -1.40. The minimum atomic E-state index is 0.143. The molecule has 2 unspecified atom stereocenters. The highest BCUT2D eigenvalue weighted by atomic mass is 16.5. The molecule has 1 aromatic rings. The van der Waals surface area contributed by atoms with Crippen LogP contribution in [-0.2, 0) is 4.74 Å². The first-order valence-corrected chi connectivity index (χ1v) is 9.87. The monoisotopic (exact) mass is 346 g/mol. The van der Waals surface area contributed by atoms with Crippen molar-refractivity contribution in [2.75, 3.05) is 39.4 Å². The van der Waals surface area contributed by atoms with Crippen molar-refractivity contribution in [2.45, 2.75) is 51.1 Å². The van der Waals surface area contributed by atoms with Crippen LogP contribution in [0.5, 0.6) is 0 Å². The van der Waals surface area contributed by atoms with E-state index in [0.717, 1.165) is 45.0 Å². The van der Waals surface area contributed by atoms with Crippen LogP contribution in [0.2, 0.25) is 0 Å². The number of morpholine rings is 1. The Morgan fingerprint density at radius 2 is 1.92 bits per heavy atom. The Kier molecular flexibility index (Phi) is 5.08. The van der Waals surface area contributed by atoms with Crippen LogP contribution in [0.3, 0.4) is 0 Å². The van der Waals surface area contributed by atoms with Gasteiger partial charge >= 0.3 is 0 Å². The van der Waals surface area contributed by atoms with Gasteiger partial charge < -0.3 is 9.64 Å². The molecule has 2 aliphatic heterocycles. The van der Waals surface area contributed by atoms with Gasteiger partial charge in [0.25, 0.3) is 5.91 Å².